The van der Waals surface area contributed by atoms with E-state index in [1.54, 1.807) is 13.0 Å². The Morgan fingerprint density at radius 2 is 2.37 bits per heavy atom. The fraction of sp³-hybridized carbons (Fsp3) is 0.167. The Balaban J connectivity index is 2.14. The third-order valence-corrected chi connectivity index (χ3v) is 2.96. The molecule has 0 aliphatic carbocycles. The molecule has 19 heavy (non-hydrogen) atoms. The van der Waals surface area contributed by atoms with Gasteiger partial charge in [0.2, 0.25) is 0 Å². The smallest absolute Gasteiger partial charge is 0.355 e. The minimum absolute atomic E-state index is 0.0427. The first-order chi connectivity index (χ1) is 9.10. The number of hydrogen-bond acceptors (Lipinski definition) is 5. The van der Waals surface area contributed by atoms with E-state index in [0.29, 0.717) is 17.4 Å². The van der Waals surface area contributed by atoms with Gasteiger partial charge in [-0.3, -0.25) is 0 Å². The Morgan fingerprint density at radius 1 is 1.58 bits per heavy atom. The second kappa shape index (κ2) is 5.66. The molecule has 0 fully saturated rings. The molecule has 1 aromatic carbocycles. The van der Waals surface area contributed by atoms with E-state index < -0.39 is 11.8 Å². The summed E-state index contributed by atoms with van der Waals surface area (Å²) < 4.78 is 18.7. The Kier molecular flexibility index (Phi) is 3.96. The fourth-order valence-corrected chi connectivity index (χ4v) is 2.11. The maximum atomic E-state index is 13.6. The molecule has 0 bridgehead atoms. The lowest BCUT2D eigenvalue weighted by atomic mass is 10.3. The van der Waals surface area contributed by atoms with Gasteiger partial charge < -0.3 is 15.2 Å². The van der Waals surface area contributed by atoms with Gasteiger partial charge in [-0.1, -0.05) is 0 Å². The zero-order valence-electron chi connectivity index (χ0n) is 10.0. The number of carboxylic acid groups (broad SMARTS) is 1. The highest BCUT2D eigenvalue weighted by Gasteiger charge is 2.10. The van der Waals surface area contributed by atoms with Crippen molar-refractivity contribution in [1.82, 2.24) is 4.98 Å². The lowest BCUT2D eigenvalue weighted by Crippen LogP contribution is -1.98. The standard InChI is InChI=1S/C12H11FN2O3S/c1-2-18-10-4-3-7(5-8(10)13)14-12-15-9(6-19-12)11(16)17/h3-6H,2H2,1H3,(H,14,15)(H,16,17). The molecule has 0 unspecified atom stereocenters. The van der Waals surface area contributed by atoms with Crippen LogP contribution in [0.3, 0.4) is 0 Å². The average molecular weight is 282 g/mol. The highest BCUT2D eigenvalue weighted by Crippen LogP contribution is 2.25. The zero-order chi connectivity index (χ0) is 13.8. The number of carbonyl (C=O) groups is 1. The summed E-state index contributed by atoms with van der Waals surface area (Å²) in [4.78, 5) is 14.5. The van der Waals surface area contributed by atoms with Crippen molar-refractivity contribution in [3.05, 3.63) is 35.1 Å². The molecule has 0 aliphatic heterocycles. The molecule has 0 saturated heterocycles. The van der Waals surface area contributed by atoms with Gasteiger partial charge in [0.05, 0.1) is 6.61 Å². The van der Waals surface area contributed by atoms with Crippen LogP contribution in [0.2, 0.25) is 0 Å². The van der Waals surface area contributed by atoms with Gasteiger partial charge in [-0.25, -0.2) is 14.2 Å². The van der Waals surface area contributed by atoms with Gasteiger partial charge in [-0.05, 0) is 19.1 Å². The second-order valence-corrected chi connectivity index (χ2v) is 4.40. The highest BCUT2D eigenvalue weighted by molar-refractivity contribution is 7.14. The largest absolute Gasteiger partial charge is 0.491 e. The van der Waals surface area contributed by atoms with Crippen LogP contribution in [0.4, 0.5) is 15.2 Å². The summed E-state index contributed by atoms with van der Waals surface area (Å²) in [5, 5.41) is 13.4. The first-order valence-corrected chi connectivity index (χ1v) is 6.36. The molecule has 5 nitrogen and oxygen atoms in total. The van der Waals surface area contributed by atoms with Crippen LogP contribution in [-0.4, -0.2) is 22.7 Å². The number of aromatic carboxylic acids is 1. The topological polar surface area (TPSA) is 71.5 Å². The molecule has 0 amide bonds. The van der Waals surface area contributed by atoms with Gasteiger partial charge in [-0.15, -0.1) is 11.3 Å². The summed E-state index contributed by atoms with van der Waals surface area (Å²) in [7, 11) is 0. The number of hydrogen-bond donors (Lipinski definition) is 2. The molecule has 1 aromatic heterocycles. The normalized spacial score (nSPS) is 10.2. The van der Waals surface area contributed by atoms with E-state index in [2.05, 4.69) is 10.3 Å². The van der Waals surface area contributed by atoms with Gasteiger partial charge in [0.15, 0.2) is 22.4 Å². The number of carboxylic acids is 1. The number of rotatable bonds is 5. The number of thiazole rings is 1. The maximum absolute atomic E-state index is 13.6. The summed E-state index contributed by atoms with van der Waals surface area (Å²) in [5.74, 6) is -1.40. The molecular formula is C12H11FN2O3S. The number of aromatic nitrogens is 1. The molecule has 2 rings (SSSR count). The molecule has 1 heterocycles. The molecule has 0 aliphatic rings. The molecule has 0 atom stereocenters. The Bertz CT molecular complexity index is 600. The number of benzene rings is 1. The monoisotopic (exact) mass is 282 g/mol. The number of anilines is 2. The van der Waals surface area contributed by atoms with E-state index in [1.807, 2.05) is 0 Å². The molecule has 7 heteroatoms. The molecule has 2 aromatic rings. The zero-order valence-corrected chi connectivity index (χ0v) is 10.8. The van der Waals surface area contributed by atoms with Crippen LogP contribution in [0, 0.1) is 5.82 Å². The van der Waals surface area contributed by atoms with Crippen LogP contribution in [0.25, 0.3) is 0 Å². The van der Waals surface area contributed by atoms with Crippen molar-refractivity contribution < 1.29 is 19.0 Å². The first-order valence-electron chi connectivity index (χ1n) is 5.48. The molecule has 0 radical (unpaired) electrons. The Labute approximate surface area is 112 Å². The molecule has 2 N–H and O–H groups in total. The van der Waals surface area contributed by atoms with Crippen LogP contribution >= 0.6 is 11.3 Å². The lowest BCUT2D eigenvalue weighted by Gasteiger charge is -2.07. The van der Waals surface area contributed by atoms with Gasteiger partial charge >= 0.3 is 5.97 Å². The minimum Gasteiger partial charge on any atom is -0.491 e. The molecule has 0 saturated carbocycles. The summed E-state index contributed by atoms with van der Waals surface area (Å²) in [6.07, 6.45) is 0. The lowest BCUT2D eigenvalue weighted by molar-refractivity contribution is 0.0691. The van der Waals surface area contributed by atoms with Crippen molar-refractivity contribution in [2.45, 2.75) is 6.92 Å². The number of nitrogens with one attached hydrogen (secondary N) is 1. The molecule has 100 valence electrons. The second-order valence-electron chi connectivity index (χ2n) is 3.55. The van der Waals surface area contributed by atoms with Crippen LogP contribution in [0.5, 0.6) is 5.75 Å². The summed E-state index contributed by atoms with van der Waals surface area (Å²) in [6, 6.07) is 4.41. The van der Waals surface area contributed by atoms with Gasteiger partial charge in [0.25, 0.3) is 0 Å². The summed E-state index contributed by atoms with van der Waals surface area (Å²) in [5.41, 5.74) is 0.436. The molecular weight excluding hydrogens is 271 g/mol. The van der Waals surface area contributed by atoms with Crippen LogP contribution in [-0.2, 0) is 0 Å². The third-order valence-electron chi connectivity index (χ3n) is 2.21. The van der Waals surface area contributed by atoms with Crippen molar-refractivity contribution in [3.8, 4) is 5.75 Å². The van der Waals surface area contributed by atoms with E-state index in [0.717, 1.165) is 11.3 Å². The van der Waals surface area contributed by atoms with Crippen LogP contribution < -0.4 is 10.1 Å². The average Bonchev–Trinajstić information content (AvgIpc) is 2.81. The Hall–Kier alpha value is -2.15. The van der Waals surface area contributed by atoms with Crippen LogP contribution in [0.1, 0.15) is 17.4 Å². The van der Waals surface area contributed by atoms with Crippen LogP contribution in [0.15, 0.2) is 23.6 Å². The van der Waals surface area contributed by atoms with Crippen molar-refractivity contribution >= 4 is 28.1 Å². The number of ether oxygens (including phenoxy) is 1. The fourth-order valence-electron chi connectivity index (χ4n) is 1.40. The number of nitrogens with zero attached hydrogens (tertiary/aromatic N) is 1. The van der Waals surface area contributed by atoms with E-state index >= 15 is 0 Å². The molecule has 0 spiro atoms. The van der Waals surface area contributed by atoms with Crippen molar-refractivity contribution in [1.29, 1.82) is 0 Å². The van der Waals surface area contributed by atoms with E-state index in [-0.39, 0.29) is 11.4 Å². The van der Waals surface area contributed by atoms with Gasteiger partial charge in [0, 0.05) is 17.1 Å². The van der Waals surface area contributed by atoms with Gasteiger partial charge in [-0.2, -0.15) is 0 Å². The number of halogens is 1. The predicted octanol–water partition coefficient (Wildman–Crippen LogP) is 3.12. The Morgan fingerprint density at radius 3 is 2.95 bits per heavy atom. The highest BCUT2D eigenvalue weighted by atomic mass is 32.1. The minimum atomic E-state index is -1.10. The van der Waals surface area contributed by atoms with Crippen molar-refractivity contribution in [3.63, 3.8) is 0 Å². The quantitative estimate of drug-likeness (QED) is 0.881. The SMILES string of the molecule is CCOc1ccc(Nc2nc(C(=O)O)cs2)cc1F. The van der Waals surface area contributed by atoms with E-state index in [1.165, 1.54) is 17.5 Å². The van der Waals surface area contributed by atoms with E-state index in [9.17, 15) is 9.18 Å². The third kappa shape index (κ3) is 3.19. The van der Waals surface area contributed by atoms with Crippen molar-refractivity contribution in [2.24, 2.45) is 0 Å². The first kappa shape index (κ1) is 13.3. The summed E-state index contributed by atoms with van der Waals surface area (Å²) >= 11 is 1.14. The van der Waals surface area contributed by atoms with Gasteiger partial charge in [0.1, 0.15) is 0 Å². The predicted molar refractivity (Wildman–Crippen MR) is 69.9 cm³/mol. The van der Waals surface area contributed by atoms with E-state index in [4.69, 9.17) is 9.84 Å². The maximum Gasteiger partial charge on any atom is 0.355 e. The summed E-state index contributed by atoms with van der Waals surface area (Å²) in [6.45, 7) is 2.16. The van der Waals surface area contributed by atoms with Crippen molar-refractivity contribution in [2.75, 3.05) is 11.9 Å².